The molecule has 0 N–H and O–H groups in total. The van der Waals surface area contributed by atoms with Gasteiger partial charge in [0, 0.05) is 5.56 Å². The highest BCUT2D eigenvalue weighted by atomic mass is 32.1. The molecular weight excluding hydrogens is 362 g/mol. The Bertz CT molecular complexity index is 1270. The molecule has 0 bridgehead atoms. The van der Waals surface area contributed by atoms with Gasteiger partial charge in [-0.3, -0.25) is 4.79 Å². The Morgan fingerprint density at radius 1 is 1.23 bits per heavy atom. The van der Waals surface area contributed by atoms with Crippen LogP contribution in [0, 0.1) is 26.2 Å². The normalized spacial score (nSPS) is 12.0. The first-order chi connectivity index (χ1) is 12.6. The van der Waals surface area contributed by atoms with Gasteiger partial charge in [0.2, 0.25) is 0 Å². The van der Waals surface area contributed by atoms with Gasteiger partial charge in [-0.05, 0) is 55.3 Å². The summed E-state index contributed by atoms with van der Waals surface area (Å²) in [6.45, 7) is 4.52. The molecule has 26 heavy (non-hydrogen) atoms. The largest absolute Gasteiger partial charge is 0.305 e. The Morgan fingerprint density at radius 2 is 2.04 bits per heavy atom. The van der Waals surface area contributed by atoms with Gasteiger partial charge >= 0.3 is 0 Å². The number of thiazole rings is 2. The standard InChI is InChI=1S/C20H15N3OS2/c1-4-7-23-16-8-12(2)13(3)9-18(16)26-20(23)22-19(24)14-5-6-15-17(10-14)25-11-21-15/h1,5-6,8-11H,7H2,2-3H3. The smallest absolute Gasteiger partial charge is 0.279 e. The molecule has 0 saturated carbocycles. The molecule has 0 atom stereocenters. The molecule has 2 heterocycles. The number of hydrogen-bond donors (Lipinski definition) is 0. The van der Waals surface area contributed by atoms with Crippen LogP contribution in [-0.2, 0) is 6.54 Å². The molecular formula is C20H15N3OS2. The summed E-state index contributed by atoms with van der Waals surface area (Å²) < 4.78 is 3.98. The second-order valence-corrected chi connectivity index (χ2v) is 7.93. The summed E-state index contributed by atoms with van der Waals surface area (Å²) in [7, 11) is 0. The highest BCUT2D eigenvalue weighted by Gasteiger charge is 2.11. The van der Waals surface area contributed by atoms with E-state index in [0.717, 1.165) is 20.4 Å². The summed E-state index contributed by atoms with van der Waals surface area (Å²) in [5, 5.41) is 0. The average Bonchev–Trinajstić information content (AvgIpc) is 3.21. The van der Waals surface area contributed by atoms with Gasteiger partial charge in [-0.1, -0.05) is 17.3 Å². The van der Waals surface area contributed by atoms with Crippen molar-refractivity contribution < 1.29 is 4.79 Å². The van der Waals surface area contributed by atoms with Crippen molar-refractivity contribution in [2.45, 2.75) is 20.4 Å². The maximum atomic E-state index is 12.7. The van der Waals surface area contributed by atoms with E-state index in [-0.39, 0.29) is 5.91 Å². The topological polar surface area (TPSA) is 47.2 Å². The second-order valence-electron chi connectivity index (χ2n) is 6.03. The van der Waals surface area contributed by atoms with Crippen LogP contribution in [0.3, 0.4) is 0 Å². The number of terminal acetylenes is 1. The molecule has 0 saturated heterocycles. The van der Waals surface area contributed by atoms with E-state index >= 15 is 0 Å². The van der Waals surface area contributed by atoms with Gasteiger partial charge in [-0.25, -0.2) is 4.98 Å². The monoisotopic (exact) mass is 377 g/mol. The van der Waals surface area contributed by atoms with Crippen molar-refractivity contribution >= 4 is 49.0 Å². The van der Waals surface area contributed by atoms with E-state index in [0.29, 0.717) is 16.9 Å². The van der Waals surface area contributed by atoms with Gasteiger partial charge < -0.3 is 4.57 Å². The molecule has 0 unspecified atom stereocenters. The van der Waals surface area contributed by atoms with E-state index in [1.54, 1.807) is 11.6 Å². The Balaban J connectivity index is 1.87. The number of aryl methyl sites for hydroxylation is 2. The van der Waals surface area contributed by atoms with E-state index in [4.69, 9.17) is 6.42 Å². The van der Waals surface area contributed by atoms with E-state index in [1.807, 2.05) is 16.7 Å². The predicted molar refractivity (Wildman–Crippen MR) is 108 cm³/mol. The number of carbonyl (C=O) groups is 1. The van der Waals surface area contributed by atoms with Crippen molar-refractivity contribution in [1.29, 1.82) is 0 Å². The van der Waals surface area contributed by atoms with E-state index in [2.05, 4.69) is 41.9 Å². The number of carbonyl (C=O) groups excluding carboxylic acids is 1. The molecule has 128 valence electrons. The lowest BCUT2D eigenvalue weighted by Crippen LogP contribution is -2.16. The van der Waals surface area contributed by atoms with Crippen molar-refractivity contribution in [2.75, 3.05) is 0 Å². The Morgan fingerprint density at radius 3 is 2.85 bits per heavy atom. The lowest BCUT2D eigenvalue weighted by Gasteiger charge is -2.03. The fourth-order valence-corrected chi connectivity index (χ4v) is 4.61. The maximum absolute atomic E-state index is 12.7. The highest BCUT2D eigenvalue weighted by Crippen LogP contribution is 2.23. The Hall–Kier alpha value is -2.75. The molecule has 0 spiro atoms. The SMILES string of the molecule is C#CCn1c(=NC(=O)c2ccc3ncsc3c2)sc2cc(C)c(C)cc21. The zero-order valence-corrected chi connectivity index (χ0v) is 15.9. The number of hydrogen-bond acceptors (Lipinski definition) is 4. The molecule has 6 heteroatoms. The maximum Gasteiger partial charge on any atom is 0.279 e. The zero-order chi connectivity index (χ0) is 18.3. The lowest BCUT2D eigenvalue weighted by atomic mass is 10.1. The number of aromatic nitrogens is 2. The first-order valence-corrected chi connectivity index (χ1v) is 9.73. The highest BCUT2D eigenvalue weighted by molar-refractivity contribution is 7.17. The second kappa shape index (κ2) is 6.52. The molecule has 4 aromatic rings. The predicted octanol–water partition coefficient (Wildman–Crippen LogP) is 4.30. The fraction of sp³-hybridized carbons (Fsp3) is 0.150. The van der Waals surface area contributed by atoms with Crippen LogP contribution in [-0.4, -0.2) is 15.5 Å². The molecule has 0 aliphatic rings. The van der Waals surface area contributed by atoms with Crippen LogP contribution in [0.2, 0.25) is 0 Å². The third kappa shape index (κ3) is 2.85. The van der Waals surface area contributed by atoms with Crippen molar-refractivity contribution in [1.82, 2.24) is 9.55 Å². The summed E-state index contributed by atoms with van der Waals surface area (Å²) in [5.74, 6) is 2.39. The third-order valence-corrected chi connectivity index (χ3v) is 6.16. The van der Waals surface area contributed by atoms with Crippen LogP contribution in [0.25, 0.3) is 20.4 Å². The molecule has 0 radical (unpaired) electrons. The zero-order valence-electron chi connectivity index (χ0n) is 14.3. The first-order valence-electron chi connectivity index (χ1n) is 8.03. The van der Waals surface area contributed by atoms with Gasteiger partial charge in [0.1, 0.15) is 0 Å². The van der Waals surface area contributed by atoms with Crippen LogP contribution < -0.4 is 4.80 Å². The van der Waals surface area contributed by atoms with Crippen LogP contribution in [0.1, 0.15) is 21.5 Å². The molecule has 2 aromatic carbocycles. The minimum atomic E-state index is -0.272. The molecule has 4 rings (SSSR count). The summed E-state index contributed by atoms with van der Waals surface area (Å²) in [6.07, 6.45) is 5.54. The molecule has 0 fully saturated rings. The summed E-state index contributed by atoms with van der Waals surface area (Å²) >= 11 is 2.99. The molecule has 0 aliphatic carbocycles. The van der Waals surface area contributed by atoms with Gasteiger partial charge in [0.15, 0.2) is 4.80 Å². The fourth-order valence-electron chi connectivity index (χ4n) is 2.79. The quantitative estimate of drug-likeness (QED) is 0.489. The van der Waals surface area contributed by atoms with Crippen molar-refractivity contribution in [3.63, 3.8) is 0 Å². The minimum absolute atomic E-state index is 0.272. The molecule has 1 amide bonds. The average molecular weight is 377 g/mol. The number of fused-ring (bicyclic) bond motifs is 2. The van der Waals surface area contributed by atoms with Gasteiger partial charge in [-0.2, -0.15) is 4.99 Å². The van der Waals surface area contributed by atoms with Gasteiger partial charge in [0.25, 0.3) is 5.91 Å². The number of amides is 1. The third-order valence-electron chi connectivity index (χ3n) is 4.32. The Kier molecular flexibility index (Phi) is 4.19. The van der Waals surface area contributed by atoms with E-state index in [9.17, 15) is 4.79 Å². The van der Waals surface area contributed by atoms with E-state index in [1.165, 1.54) is 33.8 Å². The Labute approximate surface area is 158 Å². The molecule has 4 nitrogen and oxygen atoms in total. The summed E-state index contributed by atoms with van der Waals surface area (Å²) in [4.78, 5) is 21.9. The van der Waals surface area contributed by atoms with Crippen molar-refractivity contribution in [3.05, 3.63) is 57.3 Å². The summed E-state index contributed by atoms with van der Waals surface area (Å²) in [5.41, 5.74) is 6.63. The van der Waals surface area contributed by atoms with Crippen LogP contribution >= 0.6 is 22.7 Å². The van der Waals surface area contributed by atoms with Crippen molar-refractivity contribution in [2.24, 2.45) is 4.99 Å². The summed E-state index contributed by atoms with van der Waals surface area (Å²) in [6, 6.07) is 9.68. The van der Waals surface area contributed by atoms with Crippen molar-refractivity contribution in [3.8, 4) is 12.3 Å². The van der Waals surface area contributed by atoms with Crippen LogP contribution in [0.5, 0.6) is 0 Å². The first kappa shape index (κ1) is 16.7. The molecule has 0 aliphatic heterocycles. The number of rotatable bonds is 2. The lowest BCUT2D eigenvalue weighted by molar-refractivity contribution is 0.0998. The van der Waals surface area contributed by atoms with E-state index < -0.39 is 0 Å². The number of nitrogens with zero attached hydrogens (tertiary/aromatic N) is 3. The minimum Gasteiger partial charge on any atom is -0.305 e. The number of benzene rings is 2. The molecule has 2 aromatic heterocycles. The van der Waals surface area contributed by atoms with Crippen LogP contribution in [0.4, 0.5) is 0 Å². The van der Waals surface area contributed by atoms with Gasteiger partial charge in [-0.15, -0.1) is 17.8 Å². The van der Waals surface area contributed by atoms with Crippen LogP contribution in [0.15, 0.2) is 40.8 Å². The van der Waals surface area contributed by atoms with Gasteiger partial charge in [0.05, 0.1) is 32.5 Å².